The van der Waals surface area contributed by atoms with Crippen LogP contribution in [0.4, 0.5) is 13.2 Å². The highest BCUT2D eigenvalue weighted by Crippen LogP contribution is 2.36. The van der Waals surface area contributed by atoms with E-state index in [2.05, 4.69) is 0 Å². The van der Waals surface area contributed by atoms with Crippen molar-refractivity contribution in [3.8, 4) is 6.07 Å². The van der Waals surface area contributed by atoms with Gasteiger partial charge in [-0.15, -0.1) is 0 Å². The fraction of sp³-hybridized carbons (Fsp3) is 0.316. The first-order chi connectivity index (χ1) is 14.9. The minimum Gasteiger partial charge on any atom is -0.393 e. The van der Waals surface area contributed by atoms with Crippen molar-refractivity contribution < 1.29 is 31.8 Å². The molecule has 0 aromatic heterocycles. The van der Waals surface area contributed by atoms with Crippen molar-refractivity contribution in [1.29, 1.82) is 5.26 Å². The van der Waals surface area contributed by atoms with Crippen LogP contribution in [0.2, 0.25) is 10.0 Å². The third-order valence-electron chi connectivity index (χ3n) is 4.93. The van der Waals surface area contributed by atoms with Gasteiger partial charge in [0.15, 0.2) is 0 Å². The first-order valence-corrected chi connectivity index (χ1v) is 12.0. The molecule has 0 spiro atoms. The molecule has 0 radical (unpaired) electrons. The summed E-state index contributed by atoms with van der Waals surface area (Å²) in [7, 11) is -4.02. The number of nitriles is 1. The summed E-state index contributed by atoms with van der Waals surface area (Å²) in [6.45, 7) is -1.39. The highest BCUT2D eigenvalue weighted by atomic mass is 35.5. The summed E-state index contributed by atoms with van der Waals surface area (Å²) in [5.41, 5.74) is -2.76. The summed E-state index contributed by atoms with van der Waals surface area (Å²) in [6.07, 6.45) is -4.63. The van der Waals surface area contributed by atoms with E-state index in [1.807, 2.05) is 6.07 Å². The van der Waals surface area contributed by atoms with E-state index in [9.17, 15) is 31.8 Å². The smallest absolute Gasteiger partial charge is 0.393 e. The quantitative estimate of drug-likeness (QED) is 0.623. The normalized spacial score (nSPS) is 23.6. The van der Waals surface area contributed by atoms with Gasteiger partial charge in [0.25, 0.3) is 0 Å². The number of halogens is 5. The van der Waals surface area contributed by atoms with Crippen molar-refractivity contribution in [2.24, 2.45) is 0 Å². The molecule has 1 saturated heterocycles. The van der Waals surface area contributed by atoms with Crippen LogP contribution in [-0.2, 0) is 28.0 Å². The first-order valence-electron chi connectivity index (χ1n) is 8.88. The summed E-state index contributed by atoms with van der Waals surface area (Å²) in [4.78, 5) is 0.0684. The van der Waals surface area contributed by atoms with Gasteiger partial charge in [0.1, 0.15) is 22.7 Å². The molecule has 1 heterocycles. The molecular weight excluding hydrogens is 512 g/mol. The van der Waals surface area contributed by atoms with Crippen molar-refractivity contribution in [3.63, 3.8) is 0 Å². The second-order valence-corrected chi connectivity index (χ2v) is 10.9. The zero-order chi connectivity index (χ0) is 23.8. The number of β-amino-alcohol motifs (C(OH)–C–C–N with tert-alkyl or cyclic N) is 1. The third-order valence-corrected chi connectivity index (χ3v) is 8.97. The number of hydrogen-bond donors (Lipinski definition) is 2. The van der Waals surface area contributed by atoms with Crippen LogP contribution < -0.4 is 0 Å². The van der Waals surface area contributed by atoms with Gasteiger partial charge >= 0.3 is 6.18 Å². The monoisotopic (exact) mass is 526 g/mol. The number of nitrogens with zero attached hydrogens (tertiary/aromatic N) is 2. The van der Waals surface area contributed by atoms with Crippen LogP contribution in [0.1, 0.15) is 11.1 Å². The molecule has 2 aromatic rings. The SMILES string of the molecule is N#Cc1ccc(S(=O)[C@H]2CN(S(=O)c3ccc(C(F)(F)F)cc3Cl)CC2(O)CO)cc1Cl. The number of aliphatic hydroxyl groups is 2. The minimum absolute atomic E-state index is 0.0563. The molecule has 4 atom stereocenters. The van der Waals surface area contributed by atoms with Gasteiger partial charge in [-0.3, -0.25) is 4.21 Å². The van der Waals surface area contributed by atoms with Crippen molar-refractivity contribution in [2.75, 3.05) is 19.7 Å². The van der Waals surface area contributed by atoms with Gasteiger partial charge in [0.05, 0.1) is 48.7 Å². The lowest BCUT2D eigenvalue weighted by molar-refractivity contribution is -0.137. The maximum Gasteiger partial charge on any atom is 0.416 e. The molecule has 6 nitrogen and oxygen atoms in total. The Morgan fingerprint density at radius 3 is 2.41 bits per heavy atom. The number of hydrogen-bond acceptors (Lipinski definition) is 5. The minimum atomic E-state index is -4.63. The van der Waals surface area contributed by atoms with E-state index in [0.717, 1.165) is 12.1 Å². The highest BCUT2D eigenvalue weighted by molar-refractivity contribution is 7.86. The Kier molecular flexibility index (Phi) is 7.36. The molecule has 1 fully saturated rings. The second kappa shape index (κ2) is 9.38. The molecule has 0 aliphatic carbocycles. The molecule has 1 aliphatic rings. The Bertz CT molecular complexity index is 1140. The van der Waals surface area contributed by atoms with Crippen LogP contribution >= 0.6 is 23.2 Å². The Hall–Kier alpha value is -1.52. The van der Waals surface area contributed by atoms with E-state index >= 15 is 0 Å². The Morgan fingerprint density at radius 1 is 1.19 bits per heavy atom. The predicted molar refractivity (Wildman–Crippen MR) is 113 cm³/mol. The van der Waals surface area contributed by atoms with E-state index in [-0.39, 0.29) is 38.5 Å². The summed E-state index contributed by atoms with van der Waals surface area (Å²) in [5, 5.41) is 28.2. The average molecular weight is 527 g/mol. The third kappa shape index (κ3) is 4.87. The standard InChI is InChI=1S/C19H15Cl2F3N2O4S2/c20-14-6-13(3-1-11(14)7-25)31(29)17-8-26(9-18(17,28)10-27)32(30)16-4-2-12(5-15(16)21)19(22,23)24/h1-6,17,27-28H,8-10H2/t17-,18?,31?,32?/m0/s1. The maximum atomic E-state index is 13.1. The average Bonchev–Trinajstić information content (AvgIpc) is 3.10. The summed E-state index contributed by atoms with van der Waals surface area (Å²) >= 11 is 11.9. The van der Waals surface area contributed by atoms with E-state index in [4.69, 9.17) is 28.5 Å². The van der Waals surface area contributed by atoms with Gasteiger partial charge in [-0.25, -0.2) is 8.51 Å². The van der Waals surface area contributed by atoms with E-state index in [0.29, 0.717) is 6.07 Å². The summed E-state index contributed by atoms with van der Waals surface area (Å²) < 4.78 is 65.9. The topological polar surface area (TPSA) is 102 Å². The van der Waals surface area contributed by atoms with E-state index < -0.39 is 51.0 Å². The fourth-order valence-electron chi connectivity index (χ4n) is 3.21. The van der Waals surface area contributed by atoms with Gasteiger partial charge < -0.3 is 10.2 Å². The Balaban J connectivity index is 1.89. The van der Waals surface area contributed by atoms with E-state index in [1.165, 1.54) is 22.5 Å². The molecule has 2 aromatic carbocycles. The summed E-state index contributed by atoms with van der Waals surface area (Å²) in [6, 6.07) is 8.29. The van der Waals surface area contributed by atoms with Gasteiger partial charge in [-0.1, -0.05) is 23.2 Å². The second-order valence-electron chi connectivity index (χ2n) is 7.02. The zero-order valence-corrected chi connectivity index (χ0v) is 19.1. The van der Waals surface area contributed by atoms with Crippen molar-refractivity contribution in [1.82, 2.24) is 4.31 Å². The van der Waals surface area contributed by atoms with Gasteiger partial charge in [-0.2, -0.15) is 18.4 Å². The molecule has 32 heavy (non-hydrogen) atoms. The van der Waals surface area contributed by atoms with Crippen molar-refractivity contribution in [2.45, 2.75) is 26.8 Å². The van der Waals surface area contributed by atoms with E-state index in [1.54, 1.807) is 0 Å². The number of alkyl halides is 3. The molecule has 0 amide bonds. The molecule has 2 N–H and O–H groups in total. The predicted octanol–water partition coefficient (Wildman–Crippen LogP) is 3.12. The number of aliphatic hydroxyl groups excluding tert-OH is 1. The van der Waals surface area contributed by atoms with Crippen LogP contribution in [0.3, 0.4) is 0 Å². The molecule has 0 saturated carbocycles. The Labute approximate surface area is 196 Å². The van der Waals surface area contributed by atoms with Crippen LogP contribution in [0.25, 0.3) is 0 Å². The largest absolute Gasteiger partial charge is 0.416 e. The lowest BCUT2D eigenvalue weighted by Crippen LogP contribution is -2.47. The maximum absolute atomic E-state index is 13.1. The lowest BCUT2D eigenvalue weighted by atomic mass is 10.1. The molecule has 1 aliphatic heterocycles. The van der Waals surface area contributed by atoms with Crippen molar-refractivity contribution >= 4 is 45.0 Å². The van der Waals surface area contributed by atoms with Crippen LogP contribution in [0.15, 0.2) is 46.2 Å². The molecular formula is C19H15Cl2F3N2O4S2. The Morgan fingerprint density at radius 2 is 1.88 bits per heavy atom. The van der Waals surface area contributed by atoms with Crippen LogP contribution in [0, 0.1) is 11.3 Å². The van der Waals surface area contributed by atoms with Crippen molar-refractivity contribution in [3.05, 3.63) is 57.6 Å². The van der Waals surface area contributed by atoms with Gasteiger partial charge in [0, 0.05) is 18.0 Å². The summed E-state index contributed by atoms with van der Waals surface area (Å²) in [5.74, 6) is 0. The molecule has 3 unspecified atom stereocenters. The zero-order valence-electron chi connectivity index (χ0n) is 16.0. The molecule has 0 bridgehead atoms. The van der Waals surface area contributed by atoms with Gasteiger partial charge in [-0.05, 0) is 36.4 Å². The van der Waals surface area contributed by atoms with Gasteiger partial charge in [0.2, 0.25) is 0 Å². The molecule has 13 heteroatoms. The fourth-order valence-corrected chi connectivity index (χ4v) is 6.91. The molecule has 3 rings (SSSR count). The number of rotatable bonds is 5. The van der Waals surface area contributed by atoms with Crippen LogP contribution in [-0.4, -0.2) is 53.5 Å². The highest BCUT2D eigenvalue weighted by Gasteiger charge is 2.50. The van der Waals surface area contributed by atoms with Crippen LogP contribution in [0.5, 0.6) is 0 Å². The molecule has 172 valence electrons. The first kappa shape index (κ1) is 25.1. The lowest BCUT2D eigenvalue weighted by Gasteiger charge is -2.26. The number of benzene rings is 2.